The lowest BCUT2D eigenvalue weighted by molar-refractivity contribution is -0.118. The van der Waals surface area contributed by atoms with Crippen LogP contribution in [0.1, 0.15) is 15.9 Å². The Bertz CT molecular complexity index is 1020. The summed E-state index contributed by atoms with van der Waals surface area (Å²) >= 11 is 0. The van der Waals surface area contributed by atoms with Crippen LogP contribution in [0.5, 0.6) is 17.2 Å². The number of rotatable bonds is 9. The molecule has 0 aliphatic heterocycles. The molecule has 0 fully saturated rings. The molecule has 3 aromatic rings. The van der Waals surface area contributed by atoms with Crippen molar-refractivity contribution in [2.45, 2.75) is 6.61 Å². The van der Waals surface area contributed by atoms with Crippen molar-refractivity contribution in [3.63, 3.8) is 0 Å². The molecular formula is C24H23NO6. The van der Waals surface area contributed by atoms with Crippen LogP contribution in [0, 0.1) is 0 Å². The maximum atomic E-state index is 12.3. The van der Waals surface area contributed by atoms with Crippen LogP contribution in [0.15, 0.2) is 72.8 Å². The Balaban J connectivity index is 1.56. The summed E-state index contributed by atoms with van der Waals surface area (Å²) in [5.41, 5.74) is 1.84. The fraction of sp³-hybridized carbons (Fsp3) is 0.167. The number of anilines is 1. The number of hydrogen-bond acceptors (Lipinski definition) is 6. The topological polar surface area (TPSA) is 83.1 Å². The second kappa shape index (κ2) is 10.7. The van der Waals surface area contributed by atoms with Crippen molar-refractivity contribution in [2.75, 3.05) is 26.1 Å². The molecule has 7 heteroatoms. The zero-order valence-electron chi connectivity index (χ0n) is 17.3. The molecule has 0 radical (unpaired) electrons. The second-order valence-corrected chi connectivity index (χ2v) is 6.49. The van der Waals surface area contributed by atoms with Gasteiger partial charge in [0, 0.05) is 5.69 Å². The fourth-order valence-electron chi connectivity index (χ4n) is 2.73. The van der Waals surface area contributed by atoms with Crippen LogP contribution in [-0.4, -0.2) is 32.7 Å². The molecule has 0 aliphatic rings. The Kier molecular flexibility index (Phi) is 7.48. The van der Waals surface area contributed by atoms with Gasteiger partial charge in [-0.15, -0.1) is 0 Å². The fourth-order valence-corrected chi connectivity index (χ4v) is 2.73. The highest BCUT2D eigenvalue weighted by molar-refractivity contribution is 5.92. The second-order valence-electron chi connectivity index (χ2n) is 6.49. The number of carbonyl (C=O) groups is 2. The number of hydrogen-bond donors (Lipinski definition) is 1. The van der Waals surface area contributed by atoms with Gasteiger partial charge in [-0.1, -0.05) is 30.3 Å². The van der Waals surface area contributed by atoms with Crippen molar-refractivity contribution in [3.05, 3.63) is 83.9 Å². The summed E-state index contributed by atoms with van der Waals surface area (Å²) in [4.78, 5) is 24.5. The molecule has 0 unspecified atom stereocenters. The monoisotopic (exact) mass is 421 g/mol. The molecule has 3 aromatic carbocycles. The van der Waals surface area contributed by atoms with E-state index in [-0.39, 0.29) is 19.1 Å². The molecular weight excluding hydrogens is 398 g/mol. The summed E-state index contributed by atoms with van der Waals surface area (Å²) < 4.78 is 21.3. The van der Waals surface area contributed by atoms with Crippen LogP contribution in [-0.2, 0) is 16.1 Å². The first-order valence-electron chi connectivity index (χ1n) is 9.55. The van der Waals surface area contributed by atoms with Crippen LogP contribution >= 0.6 is 0 Å². The van der Waals surface area contributed by atoms with Gasteiger partial charge in [-0.2, -0.15) is 0 Å². The van der Waals surface area contributed by atoms with Gasteiger partial charge >= 0.3 is 5.97 Å². The van der Waals surface area contributed by atoms with Crippen molar-refractivity contribution < 1.29 is 28.5 Å². The van der Waals surface area contributed by atoms with E-state index in [0.717, 1.165) is 5.56 Å². The molecule has 1 N–H and O–H groups in total. The minimum absolute atomic E-state index is 0.172. The lowest BCUT2D eigenvalue weighted by atomic mass is 10.2. The van der Waals surface area contributed by atoms with Gasteiger partial charge in [0.25, 0.3) is 5.91 Å². The number of methoxy groups -OCH3 is 2. The highest BCUT2D eigenvalue weighted by Gasteiger charge is 2.14. The van der Waals surface area contributed by atoms with Crippen LogP contribution in [0.4, 0.5) is 5.69 Å². The standard InChI is InChI=1S/C24H23NO6/c1-28-20-11-9-19(10-12-20)25-23(26)16-30-21-13-8-18(14-22(21)29-2)24(27)31-15-17-6-4-3-5-7-17/h3-14H,15-16H2,1-2H3,(H,25,26). The van der Waals surface area contributed by atoms with Gasteiger partial charge in [0.1, 0.15) is 12.4 Å². The van der Waals surface area contributed by atoms with E-state index in [1.807, 2.05) is 30.3 Å². The van der Waals surface area contributed by atoms with E-state index in [0.29, 0.717) is 28.5 Å². The predicted molar refractivity (Wildman–Crippen MR) is 116 cm³/mol. The minimum atomic E-state index is -0.481. The van der Waals surface area contributed by atoms with E-state index in [1.165, 1.54) is 13.2 Å². The minimum Gasteiger partial charge on any atom is -0.497 e. The summed E-state index contributed by atoms with van der Waals surface area (Å²) in [5.74, 6) is 0.546. The smallest absolute Gasteiger partial charge is 0.338 e. The molecule has 0 spiro atoms. The molecule has 0 bridgehead atoms. The van der Waals surface area contributed by atoms with Gasteiger partial charge in [-0.3, -0.25) is 4.79 Å². The third kappa shape index (κ3) is 6.24. The first-order valence-corrected chi connectivity index (χ1v) is 9.55. The van der Waals surface area contributed by atoms with Crippen LogP contribution in [0.2, 0.25) is 0 Å². The average Bonchev–Trinajstić information content (AvgIpc) is 2.82. The summed E-state index contributed by atoms with van der Waals surface area (Å²) in [6.45, 7) is -0.0496. The van der Waals surface area contributed by atoms with Gasteiger partial charge in [0.15, 0.2) is 18.1 Å². The molecule has 0 aliphatic carbocycles. The normalized spacial score (nSPS) is 10.1. The van der Waals surface area contributed by atoms with E-state index in [2.05, 4.69) is 5.32 Å². The molecule has 0 saturated carbocycles. The van der Waals surface area contributed by atoms with Crippen LogP contribution in [0.3, 0.4) is 0 Å². The van der Waals surface area contributed by atoms with Crippen molar-refractivity contribution in [2.24, 2.45) is 0 Å². The zero-order chi connectivity index (χ0) is 22.1. The third-order valence-electron chi connectivity index (χ3n) is 4.34. The van der Waals surface area contributed by atoms with E-state index >= 15 is 0 Å². The molecule has 0 aromatic heterocycles. The van der Waals surface area contributed by atoms with E-state index < -0.39 is 5.97 Å². The first kappa shape index (κ1) is 21.7. The Morgan fingerprint density at radius 2 is 1.58 bits per heavy atom. The average molecular weight is 421 g/mol. The van der Waals surface area contributed by atoms with E-state index in [4.69, 9.17) is 18.9 Å². The Morgan fingerprint density at radius 3 is 2.26 bits per heavy atom. The van der Waals surface area contributed by atoms with Crippen molar-refractivity contribution >= 4 is 17.6 Å². The van der Waals surface area contributed by atoms with Gasteiger partial charge < -0.3 is 24.3 Å². The molecule has 160 valence electrons. The summed E-state index contributed by atoms with van der Waals surface area (Å²) in [5, 5.41) is 2.73. The number of ether oxygens (including phenoxy) is 4. The van der Waals surface area contributed by atoms with Crippen molar-refractivity contribution in [1.29, 1.82) is 0 Å². The van der Waals surface area contributed by atoms with Gasteiger partial charge in [0.05, 0.1) is 19.8 Å². The molecule has 7 nitrogen and oxygen atoms in total. The lowest BCUT2D eigenvalue weighted by Gasteiger charge is -2.12. The van der Waals surface area contributed by atoms with Crippen LogP contribution in [0.25, 0.3) is 0 Å². The Labute approximate surface area is 180 Å². The lowest BCUT2D eigenvalue weighted by Crippen LogP contribution is -2.20. The van der Waals surface area contributed by atoms with Gasteiger partial charge in [0.2, 0.25) is 0 Å². The first-order chi connectivity index (χ1) is 15.1. The van der Waals surface area contributed by atoms with Gasteiger partial charge in [-0.25, -0.2) is 4.79 Å². The quantitative estimate of drug-likeness (QED) is 0.524. The Morgan fingerprint density at radius 1 is 0.839 bits per heavy atom. The largest absolute Gasteiger partial charge is 0.497 e. The number of esters is 1. The van der Waals surface area contributed by atoms with Gasteiger partial charge in [-0.05, 0) is 48.0 Å². The molecule has 0 saturated heterocycles. The highest BCUT2D eigenvalue weighted by Crippen LogP contribution is 2.28. The number of benzene rings is 3. The maximum Gasteiger partial charge on any atom is 0.338 e. The SMILES string of the molecule is COc1ccc(NC(=O)COc2ccc(C(=O)OCc3ccccc3)cc2OC)cc1. The highest BCUT2D eigenvalue weighted by atomic mass is 16.5. The zero-order valence-corrected chi connectivity index (χ0v) is 17.3. The third-order valence-corrected chi connectivity index (χ3v) is 4.34. The maximum absolute atomic E-state index is 12.3. The molecule has 0 heterocycles. The summed E-state index contributed by atoms with van der Waals surface area (Å²) in [6, 6.07) is 21.0. The summed E-state index contributed by atoms with van der Waals surface area (Å²) in [6.07, 6.45) is 0. The molecule has 31 heavy (non-hydrogen) atoms. The van der Waals surface area contributed by atoms with Crippen molar-refractivity contribution in [1.82, 2.24) is 0 Å². The predicted octanol–water partition coefficient (Wildman–Crippen LogP) is 4.08. The number of nitrogens with one attached hydrogen (secondary N) is 1. The number of carbonyl (C=O) groups excluding carboxylic acids is 2. The molecule has 1 amide bonds. The molecule has 0 atom stereocenters. The summed E-state index contributed by atoms with van der Waals surface area (Å²) in [7, 11) is 3.03. The number of amides is 1. The van der Waals surface area contributed by atoms with Crippen LogP contribution < -0.4 is 19.5 Å². The molecule has 3 rings (SSSR count). The Hall–Kier alpha value is -4.00. The van der Waals surface area contributed by atoms with Crippen molar-refractivity contribution in [3.8, 4) is 17.2 Å². The van der Waals surface area contributed by atoms with E-state index in [1.54, 1.807) is 43.5 Å². The van der Waals surface area contributed by atoms with E-state index in [9.17, 15) is 9.59 Å².